The van der Waals surface area contributed by atoms with Gasteiger partial charge in [-0.3, -0.25) is 9.59 Å². The molecule has 0 heterocycles. The molecule has 0 saturated heterocycles. The highest BCUT2D eigenvalue weighted by atomic mass is 35.5. The van der Waals surface area contributed by atoms with Crippen molar-refractivity contribution in [1.82, 2.24) is 0 Å². The molecule has 5 nitrogen and oxygen atoms in total. The van der Waals surface area contributed by atoms with Gasteiger partial charge in [-0.2, -0.15) is 0 Å². The summed E-state index contributed by atoms with van der Waals surface area (Å²) in [6, 6.07) is 8.14. The van der Waals surface area contributed by atoms with E-state index in [1.165, 1.54) is 19.2 Å². The number of benzene rings is 2. The number of methoxy groups -OCH3 is 1. The van der Waals surface area contributed by atoms with Crippen LogP contribution in [0.4, 0.5) is 5.69 Å². The number of hydrogen-bond donors (Lipinski definition) is 1. The van der Waals surface area contributed by atoms with Crippen molar-refractivity contribution < 1.29 is 19.1 Å². The Kier molecular flexibility index (Phi) is 6.06. The first kappa shape index (κ1) is 18.1. The summed E-state index contributed by atoms with van der Waals surface area (Å²) in [5, 5.41) is 3.45. The molecule has 1 amide bonds. The second-order valence-electron chi connectivity index (χ2n) is 4.90. The van der Waals surface area contributed by atoms with E-state index in [-0.39, 0.29) is 29.0 Å². The van der Waals surface area contributed by atoms with E-state index >= 15 is 0 Å². The summed E-state index contributed by atoms with van der Waals surface area (Å²) in [6.07, 6.45) is 0.646. The Hall–Kier alpha value is -2.24. The molecule has 0 fully saturated rings. The molecule has 7 heteroatoms. The summed E-state index contributed by atoms with van der Waals surface area (Å²) < 4.78 is 10.6. The predicted octanol–water partition coefficient (Wildman–Crippen LogP) is 4.14. The highest BCUT2D eigenvalue weighted by molar-refractivity contribution is 6.32. The lowest BCUT2D eigenvalue weighted by Crippen LogP contribution is -2.21. The molecule has 0 aromatic heterocycles. The fraction of sp³-hybridized carbons (Fsp3) is 0.176. The van der Waals surface area contributed by atoms with E-state index in [4.69, 9.17) is 32.7 Å². The van der Waals surface area contributed by atoms with Crippen LogP contribution >= 0.6 is 23.2 Å². The van der Waals surface area contributed by atoms with Crippen molar-refractivity contribution in [1.29, 1.82) is 0 Å². The van der Waals surface area contributed by atoms with Crippen molar-refractivity contribution in [2.45, 2.75) is 6.92 Å². The first-order chi connectivity index (χ1) is 11.5. The monoisotopic (exact) mass is 367 g/mol. The van der Waals surface area contributed by atoms with Crippen molar-refractivity contribution in [2.75, 3.05) is 19.0 Å². The van der Waals surface area contributed by atoms with Crippen molar-refractivity contribution in [2.24, 2.45) is 0 Å². The summed E-state index contributed by atoms with van der Waals surface area (Å²) in [5.41, 5.74) is 1.71. The minimum absolute atomic E-state index is 0.184. The number of amides is 1. The smallest absolute Gasteiger partial charge is 0.262 e. The normalized spacial score (nSPS) is 10.2. The molecule has 1 N–H and O–H groups in total. The SMILES string of the molecule is COc1cc(C=O)cc(Cl)c1OCC(=O)Nc1cccc(Cl)c1C. The van der Waals surface area contributed by atoms with Crippen LogP contribution < -0.4 is 14.8 Å². The molecule has 0 radical (unpaired) electrons. The van der Waals surface area contributed by atoms with Crippen molar-refractivity contribution in [3.8, 4) is 11.5 Å². The van der Waals surface area contributed by atoms with Crippen LogP contribution in [-0.4, -0.2) is 25.9 Å². The number of ether oxygens (including phenoxy) is 2. The molecule has 0 aliphatic rings. The van der Waals surface area contributed by atoms with Gasteiger partial charge in [0.1, 0.15) is 6.29 Å². The lowest BCUT2D eigenvalue weighted by Gasteiger charge is -2.14. The second-order valence-corrected chi connectivity index (χ2v) is 5.72. The van der Waals surface area contributed by atoms with E-state index in [1.54, 1.807) is 25.1 Å². The molecule has 0 atom stereocenters. The van der Waals surface area contributed by atoms with Gasteiger partial charge in [0, 0.05) is 16.3 Å². The fourth-order valence-electron chi connectivity index (χ4n) is 2.01. The zero-order valence-electron chi connectivity index (χ0n) is 13.1. The lowest BCUT2D eigenvalue weighted by molar-refractivity contribution is -0.118. The van der Waals surface area contributed by atoms with Crippen LogP contribution in [0.25, 0.3) is 0 Å². The minimum Gasteiger partial charge on any atom is -0.493 e. The molecule has 2 aromatic carbocycles. The maximum Gasteiger partial charge on any atom is 0.262 e. The van der Waals surface area contributed by atoms with Gasteiger partial charge in [0.05, 0.1) is 12.1 Å². The van der Waals surface area contributed by atoms with Crippen LogP contribution in [0.1, 0.15) is 15.9 Å². The van der Waals surface area contributed by atoms with Crippen LogP contribution in [0.3, 0.4) is 0 Å². The Morgan fingerprint density at radius 3 is 2.67 bits per heavy atom. The zero-order chi connectivity index (χ0) is 17.7. The van der Waals surface area contributed by atoms with Crippen LogP contribution in [0, 0.1) is 6.92 Å². The average Bonchev–Trinajstić information content (AvgIpc) is 2.57. The lowest BCUT2D eigenvalue weighted by atomic mass is 10.2. The molecular weight excluding hydrogens is 353 g/mol. The van der Waals surface area contributed by atoms with Crippen molar-refractivity contribution in [3.63, 3.8) is 0 Å². The maximum absolute atomic E-state index is 12.1. The fourth-order valence-corrected chi connectivity index (χ4v) is 2.46. The molecule has 0 saturated carbocycles. The summed E-state index contributed by atoms with van der Waals surface area (Å²) in [5.74, 6) is 0.0945. The number of hydrogen-bond acceptors (Lipinski definition) is 4. The first-order valence-electron chi connectivity index (χ1n) is 6.96. The topological polar surface area (TPSA) is 64.6 Å². The molecule has 126 valence electrons. The van der Waals surface area contributed by atoms with E-state index in [0.29, 0.717) is 22.6 Å². The van der Waals surface area contributed by atoms with Gasteiger partial charge in [-0.25, -0.2) is 0 Å². The third-order valence-corrected chi connectivity index (χ3v) is 3.97. The van der Waals surface area contributed by atoms with Gasteiger partial charge in [-0.05, 0) is 36.8 Å². The van der Waals surface area contributed by atoms with Crippen LogP contribution in [0.2, 0.25) is 10.0 Å². The van der Waals surface area contributed by atoms with E-state index in [2.05, 4.69) is 5.32 Å². The quantitative estimate of drug-likeness (QED) is 0.779. The molecule has 0 aliphatic carbocycles. The number of carbonyl (C=O) groups excluding carboxylic acids is 2. The number of anilines is 1. The van der Waals surface area contributed by atoms with E-state index in [1.807, 2.05) is 0 Å². The second kappa shape index (κ2) is 8.04. The Morgan fingerprint density at radius 1 is 1.25 bits per heavy atom. The summed E-state index contributed by atoms with van der Waals surface area (Å²) in [6.45, 7) is 1.53. The molecule has 2 aromatic rings. The maximum atomic E-state index is 12.1. The Morgan fingerprint density at radius 2 is 2.00 bits per heavy atom. The highest BCUT2D eigenvalue weighted by Gasteiger charge is 2.14. The van der Waals surface area contributed by atoms with Crippen LogP contribution in [0.15, 0.2) is 30.3 Å². The molecule has 0 bridgehead atoms. The average molecular weight is 368 g/mol. The highest BCUT2D eigenvalue weighted by Crippen LogP contribution is 2.36. The number of nitrogens with one attached hydrogen (secondary N) is 1. The number of carbonyl (C=O) groups is 2. The summed E-state index contributed by atoms with van der Waals surface area (Å²) in [7, 11) is 1.42. The van der Waals surface area contributed by atoms with Gasteiger partial charge in [0.25, 0.3) is 5.91 Å². The van der Waals surface area contributed by atoms with Gasteiger partial charge < -0.3 is 14.8 Å². The van der Waals surface area contributed by atoms with Crippen LogP contribution in [-0.2, 0) is 4.79 Å². The van der Waals surface area contributed by atoms with E-state index < -0.39 is 0 Å². The third-order valence-electron chi connectivity index (χ3n) is 3.28. The molecule has 0 spiro atoms. The summed E-state index contributed by atoms with van der Waals surface area (Å²) in [4.78, 5) is 22.9. The number of rotatable bonds is 6. The van der Waals surface area contributed by atoms with Gasteiger partial charge in [0.15, 0.2) is 18.1 Å². The number of aldehydes is 1. The van der Waals surface area contributed by atoms with Gasteiger partial charge in [0.2, 0.25) is 0 Å². The Bertz CT molecular complexity index is 777. The Labute approximate surface area is 149 Å². The predicted molar refractivity (Wildman–Crippen MR) is 93.7 cm³/mol. The molecule has 24 heavy (non-hydrogen) atoms. The molecular formula is C17H15Cl2NO4. The molecule has 0 aliphatic heterocycles. The minimum atomic E-state index is -0.377. The Balaban J connectivity index is 2.09. The summed E-state index contributed by atoms with van der Waals surface area (Å²) >= 11 is 12.1. The van der Waals surface area contributed by atoms with Gasteiger partial charge >= 0.3 is 0 Å². The largest absolute Gasteiger partial charge is 0.493 e. The van der Waals surface area contributed by atoms with Crippen molar-refractivity contribution in [3.05, 3.63) is 51.5 Å². The van der Waals surface area contributed by atoms with Crippen LogP contribution in [0.5, 0.6) is 11.5 Å². The number of halogens is 2. The van der Waals surface area contributed by atoms with Gasteiger partial charge in [-0.15, -0.1) is 0 Å². The standard InChI is InChI=1S/C17H15Cl2NO4/c1-10-12(18)4-3-5-14(10)20-16(22)9-24-17-13(19)6-11(8-21)7-15(17)23-2/h3-8H,9H2,1-2H3,(H,20,22). The van der Waals surface area contributed by atoms with Crippen molar-refractivity contribution >= 4 is 41.1 Å². The molecule has 0 unspecified atom stereocenters. The van der Waals surface area contributed by atoms with Gasteiger partial charge in [-0.1, -0.05) is 29.3 Å². The third kappa shape index (κ3) is 4.19. The molecule has 2 rings (SSSR count). The van der Waals surface area contributed by atoms with E-state index in [9.17, 15) is 9.59 Å². The van der Waals surface area contributed by atoms with E-state index in [0.717, 1.165) is 5.56 Å². The zero-order valence-corrected chi connectivity index (χ0v) is 14.6. The first-order valence-corrected chi connectivity index (χ1v) is 7.72.